The van der Waals surface area contributed by atoms with Gasteiger partial charge in [-0.05, 0) is 31.1 Å². The van der Waals surface area contributed by atoms with Gasteiger partial charge < -0.3 is 14.2 Å². The maximum absolute atomic E-state index is 12.7. The van der Waals surface area contributed by atoms with Crippen molar-refractivity contribution in [1.29, 1.82) is 0 Å². The lowest BCUT2D eigenvalue weighted by Crippen LogP contribution is -2.30. The third-order valence-corrected chi connectivity index (χ3v) is 12.0. The van der Waals surface area contributed by atoms with Crippen LogP contribution in [0.2, 0.25) is 0 Å². The van der Waals surface area contributed by atoms with Crippen molar-refractivity contribution in [2.45, 2.75) is 298 Å². The zero-order valence-electron chi connectivity index (χ0n) is 40.4. The highest BCUT2D eigenvalue weighted by atomic mass is 16.6. The Morgan fingerprint density at radius 3 is 0.831 bits per heavy atom. The van der Waals surface area contributed by atoms with E-state index in [1.807, 2.05) is 0 Å². The van der Waals surface area contributed by atoms with E-state index >= 15 is 0 Å². The third kappa shape index (κ3) is 47.3. The molecule has 0 spiro atoms. The molecule has 0 aromatic heterocycles. The average molecular weight is 835 g/mol. The number of hydrogen-bond acceptors (Lipinski definition) is 6. The summed E-state index contributed by atoms with van der Waals surface area (Å²) in [7, 11) is 0. The van der Waals surface area contributed by atoms with Gasteiger partial charge in [0, 0.05) is 19.3 Å². The normalized spacial score (nSPS) is 12.1. The van der Waals surface area contributed by atoms with Gasteiger partial charge in [-0.1, -0.05) is 253 Å². The van der Waals surface area contributed by atoms with Crippen LogP contribution in [0, 0.1) is 11.8 Å². The molecule has 0 N–H and O–H groups in total. The van der Waals surface area contributed by atoms with Gasteiger partial charge in [0.05, 0.1) is 0 Å². The molecule has 6 heteroatoms. The van der Waals surface area contributed by atoms with E-state index in [0.29, 0.717) is 19.3 Å². The van der Waals surface area contributed by atoms with Gasteiger partial charge >= 0.3 is 17.9 Å². The Morgan fingerprint density at radius 1 is 0.322 bits per heavy atom. The van der Waals surface area contributed by atoms with Crippen molar-refractivity contribution < 1.29 is 28.6 Å². The highest BCUT2D eigenvalue weighted by molar-refractivity contribution is 5.71. The van der Waals surface area contributed by atoms with Crippen LogP contribution in [0.1, 0.15) is 291 Å². The van der Waals surface area contributed by atoms with E-state index < -0.39 is 6.10 Å². The van der Waals surface area contributed by atoms with Gasteiger partial charge in [-0.3, -0.25) is 14.4 Å². The van der Waals surface area contributed by atoms with Crippen LogP contribution in [-0.4, -0.2) is 37.2 Å². The SMILES string of the molecule is CCCCCCCCCCCC(=O)O[C@@H](COC(=O)CCCCCCCCCCCCCCCCCCC(C)C)COC(=O)CCCCCCCCCCCCC(C)C. The summed E-state index contributed by atoms with van der Waals surface area (Å²) in [6, 6.07) is 0. The van der Waals surface area contributed by atoms with Crippen molar-refractivity contribution in [3.8, 4) is 0 Å². The van der Waals surface area contributed by atoms with Crippen molar-refractivity contribution >= 4 is 17.9 Å². The zero-order chi connectivity index (χ0) is 43.3. The molecular weight excluding hydrogens is 733 g/mol. The van der Waals surface area contributed by atoms with E-state index in [9.17, 15) is 14.4 Å². The highest BCUT2D eigenvalue weighted by Gasteiger charge is 2.19. The Morgan fingerprint density at radius 2 is 0.559 bits per heavy atom. The number of esters is 3. The van der Waals surface area contributed by atoms with E-state index in [-0.39, 0.29) is 31.1 Å². The maximum Gasteiger partial charge on any atom is 0.306 e. The fourth-order valence-corrected chi connectivity index (χ4v) is 7.99. The minimum Gasteiger partial charge on any atom is -0.462 e. The lowest BCUT2D eigenvalue weighted by molar-refractivity contribution is -0.167. The van der Waals surface area contributed by atoms with Crippen molar-refractivity contribution in [3.05, 3.63) is 0 Å². The monoisotopic (exact) mass is 835 g/mol. The summed E-state index contributed by atoms with van der Waals surface area (Å²) >= 11 is 0. The molecular formula is C53H102O6. The molecule has 0 aliphatic rings. The third-order valence-electron chi connectivity index (χ3n) is 12.0. The fourth-order valence-electron chi connectivity index (χ4n) is 7.99. The molecule has 350 valence electrons. The molecule has 0 heterocycles. The average Bonchev–Trinajstić information content (AvgIpc) is 3.20. The lowest BCUT2D eigenvalue weighted by atomic mass is 10.0. The van der Waals surface area contributed by atoms with Crippen molar-refractivity contribution in [2.24, 2.45) is 11.8 Å². The molecule has 0 aliphatic heterocycles. The van der Waals surface area contributed by atoms with Gasteiger partial charge in [-0.2, -0.15) is 0 Å². The molecule has 0 unspecified atom stereocenters. The molecule has 0 amide bonds. The van der Waals surface area contributed by atoms with Crippen LogP contribution in [0.5, 0.6) is 0 Å². The van der Waals surface area contributed by atoms with E-state index in [1.54, 1.807) is 0 Å². The maximum atomic E-state index is 12.7. The summed E-state index contributed by atoms with van der Waals surface area (Å²) in [4.78, 5) is 37.9. The quantitative estimate of drug-likeness (QED) is 0.0345. The van der Waals surface area contributed by atoms with Crippen LogP contribution < -0.4 is 0 Å². The molecule has 0 fully saturated rings. The first-order chi connectivity index (χ1) is 28.7. The number of ether oxygens (including phenoxy) is 3. The summed E-state index contributed by atoms with van der Waals surface area (Å²) in [6.07, 6.45) is 46.7. The Bertz CT molecular complexity index is 900. The van der Waals surface area contributed by atoms with E-state index in [1.165, 1.54) is 180 Å². The number of hydrogen-bond donors (Lipinski definition) is 0. The molecule has 0 bridgehead atoms. The smallest absolute Gasteiger partial charge is 0.306 e. The summed E-state index contributed by atoms with van der Waals surface area (Å²) in [5.41, 5.74) is 0. The van der Waals surface area contributed by atoms with Crippen molar-refractivity contribution in [3.63, 3.8) is 0 Å². The van der Waals surface area contributed by atoms with Gasteiger partial charge in [0.15, 0.2) is 6.10 Å². The minimum absolute atomic E-state index is 0.0637. The van der Waals surface area contributed by atoms with Crippen LogP contribution in [0.4, 0.5) is 0 Å². The second-order valence-corrected chi connectivity index (χ2v) is 19.1. The molecule has 0 radical (unpaired) electrons. The summed E-state index contributed by atoms with van der Waals surface area (Å²) in [6.45, 7) is 11.4. The van der Waals surface area contributed by atoms with Crippen LogP contribution >= 0.6 is 0 Å². The Hall–Kier alpha value is -1.59. The first-order valence-corrected chi connectivity index (χ1v) is 26.2. The van der Waals surface area contributed by atoms with Gasteiger partial charge in [0.25, 0.3) is 0 Å². The molecule has 1 atom stereocenters. The second-order valence-electron chi connectivity index (χ2n) is 19.1. The molecule has 0 aliphatic carbocycles. The first-order valence-electron chi connectivity index (χ1n) is 26.2. The minimum atomic E-state index is -0.760. The Labute approximate surface area is 368 Å². The predicted octanol–water partition coefficient (Wildman–Crippen LogP) is 16.9. The lowest BCUT2D eigenvalue weighted by Gasteiger charge is -2.18. The largest absolute Gasteiger partial charge is 0.462 e. The molecule has 0 aromatic rings. The van der Waals surface area contributed by atoms with Crippen LogP contribution in [0.25, 0.3) is 0 Å². The van der Waals surface area contributed by atoms with Gasteiger partial charge in [0.1, 0.15) is 13.2 Å². The van der Waals surface area contributed by atoms with E-state index in [0.717, 1.165) is 69.6 Å². The molecule has 0 rings (SSSR count). The predicted molar refractivity (Wildman–Crippen MR) is 252 cm³/mol. The molecule has 6 nitrogen and oxygen atoms in total. The molecule has 0 aromatic carbocycles. The van der Waals surface area contributed by atoms with Gasteiger partial charge in [0.2, 0.25) is 0 Å². The number of unbranched alkanes of at least 4 members (excludes halogenated alkanes) is 32. The zero-order valence-corrected chi connectivity index (χ0v) is 40.4. The van der Waals surface area contributed by atoms with Gasteiger partial charge in [-0.15, -0.1) is 0 Å². The number of carbonyl (C=O) groups excluding carboxylic acids is 3. The second kappa shape index (κ2) is 45.9. The standard InChI is InChI=1S/C53H102O6/c1-6-7-8-9-10-21-30-35-40-45-53(56)59-50(47-58-52(55)44-39-34-29-25-20-19-23-27-32-37-42-49(4)5)46-57-51(54)43-38-33-28-24-18-16-14-12-11-13-15-17-22-26-31-36-41-48(2)3/h48-50H,6-47H2,1-5H3/t50-/m0/s1. The summed E-state index contributed by atoms with van der Waals surface area (Å²) < 4.78 is 16.8. The number of rotatable bonds is 47. The molecule has 0 saturated heterocycles. The topological polar surface area (TPSA) is 78.9 Å². The van der Waals surface area contributed by atoms with Crippen LogP contribution in [0.3, 0.4) is 0 Å². The number of carbonyl (C=O) groups is 3. The first kappa shape index (κ1) is 57.4. The Kier molecular flexibility index (Phi) is 44.7. The highest BCUT2D eigenvalue weighted by Crippen LogP contribution is 2.17. The van der Waals surface area contributed by atoms with E-state index in [2.05, 4.69) is 34.6 Å². The van der Waals surface area contributed by atoms with Crippen molar-refractivity contribution in [2.75, 3.05) is 13.2 Å². The molecule has 0 saturated carbocycles. The summed E-state index contributed by atoms with van der Waals surface area (Å²) in [5, 5.41) is 0. The van der Waals surface area contributed by atoms with Crippen LogP contribution in [-0.2, 0) is 28.6 Å². The Balaban J connectivity index is 4.20. The van der Waals surface area contributed by atoms with E-state index in [4.69, 9.17) is 14.2 Å². The van der Waals surface area contributed by atoms with Crippen LogP contribution in [0.15, 0.2) is 0 Å². The van der Waals surface area contributed by atoms with Crippen molar-refractivity contribution in [1.82, 2.24) is 0 Å². The summed E-state index contributed by atoms with van der Waals surface area (Å²) in [5.74, 6) is 0.821. The fraction of sp³-hybridized carbons (Fsp3) is 0.943. The molecule has 59 heavy (non-hydrogen) atoms. The van der Waals surface area contributed by atoms with Gasteiger partial charge in [-0.25, -0.2) is 0 Å².